The van der Waals surface area contributed by atoms with E-state index in [4.69, 9.17) is 0 Å². The van der Waals surface area contributed by atoms with E-state index in [1.165, 1.54) is 41.4 Å². The van der Waals surface area contributed by atoms with E-state index in [1.807, 2.05) is 0 Å². The largest absolute Gasteiger partial charge is 0.365 e. The van der Waals surface area contributed by atoms with Gasteiger partial charge >= 0.3 is 0 Å². The molecule has 1 N–H and O–H groups in total. The van der Waals surface area contributed by atoms with Crippen LogP contribution in [0.2, 0.25) is 0 Å². The number of hydrogen-bond acceptors (Lipinski definition) is 2. The van der Waals surface area contributed by atoms with Crippen molar-refractivity contribution in [3.8, 4) is 0 Å². The number of benzene rings is 1. The van der Waals surface area contributed by atoms with Crippen molar-refractivity contribution >= 4 is 21.6 Å². The highest BCUT2D eigenvalue weighted by Crippen LogP contribution is 2.37. The van der Waals surface area contributed by atoms with Gasteiger partial charge in [-0.05, 0) is 44.4 Å². The molecule has 1 saturated carbocycles. The number of hydrogen-bond donors (Lipinski definition) is 1. The van der Waals surface area contributed by atoms with E-state index in [0.717, 1.165) is 13.1 Å². The van der Waals surface area contributed by atoms with E-state index >= 15 is 0 Å². The average Bonchev–Trinajstić information content (AvgIpc) is 2.85. The van der Waals surface area contributed by atoms with Gasteiger partial charge in [-0.15, -0.1) is 0 Å². The van der Waals surface area contributed by atoms with Crippen molar-refractivity contribution in [2.45, 2.75) is 51.1 Å². The monoisotopic (exact) mass is 322 g/mol. The second kappa shape index (κ2) is 5.10. The number of nitrogens with zero attached hydrogens (tertiary/aromatic N) is 1. The molecule has 1 aliphatic carbocycles. The lowest BCUT2D eigenvalue weighted by Gasteiger charge is -2.47. The summed E-state index contributed by atoms with van der Waals surface area (Å²) in [6.45, 7) is 6.81. The zero-order valence-corrected chi connectivity index (χ0v) is 13.5. The molecule has 2 aliphatic rings. The van der Waals surface area contributed by atoms with Gasteiger partial charge in [0.15, 0.2) is 0 Å². The molecule has 1 aromatic rings. The highest BCUT2D eigenvalue weighted by molar-refractivity contribution is 9.10. The molecular weight excluding hydrogens is 300 g/mol. The molecule has 2 nitrogen and oxygen atoms in total. The maximum atomic E-state index is 3.82. The van der Waals surface area contributed by atoms with Gasteiger partial charge in [0, 0.05) is 34.8 Å². The lowest BCUT2D eigenvalue weighted by Crippen LogP contribution is -2.62. The molecule has 1 atom stereocenters. The number of nitrogens with one attached hydrogen (secondary N) is 1. The first-order valence-corrected chi connectivity index (χ1v) is 8.17. The highest BCUT2D eigenvalue weighted by Gasteiger charge is 2.40. The average molecular weight is 323 g/mol. The summed E-state index contributed by atoms with van der Waals surface area (Å²) < 4.78 is 1.22. The fourth-order valence-corrected chi connectivity index (χ4v) is 3.98. The van der Waals surface area contributed by atoms with Gasteiger partial charge in [0.25, 0.3) is 0 Å². The molecule has 3 rings (SSSR count). The predicted molar refractivity (Wildman–Crippen MR) is 84.9 cm³/mol. The number of anilines is 1. The summed E-state index contributed by atoms with van der Waals surface area (Å²) in [7, 11) is 0. The fourth-order valence-electron chi connectivity index (χ4n) is 3.63. The lowest BCUT2D eigenvalue weighted by molar-refractivity contribution is 0.276. The van der Waals surface area contributed by atoms with Gasteiger partial charge in [-0.1, -0.05) is 34.8 Å². The minimum absolute atomic E-state index is 0.376. The Labute approximate surface area is 124 Å². The van der Waals surface area contributed by atoms with E-state index in [-0.39, 0.29) is 0 Å². The number of rotatable bonds is 1. The van der Waals surface area contributed by atoms with E-state index in [9.17, 15) is 0 Å². The van der Waals surface area contributed by atoms with Crippen LogP contribution in [-0.4, -0.2) is 24.7 Å². The Morgan fingerprint density at radius 1 is 1.32 bits per heavy atom. The van der Waals surface area contributed by atoms with Crippen LogP contribution in [0.5, 0.6) is 0 Å². The molecular formula is C16H23BrN2. The Morgan fingerprint density at radius 2 is 2.05 bits per heavy atom. The third kappa shape index (κ3) is 2.43. The molecule has 2 fully saturated rings. The van der Waals surface area contributed by atoms with Crippen LogP contribution in [0.4, 0.5) is 5.69 Å². The second-order valence-electron chi connectivity index (χ2n) is 6.23. The summed E-state index contributed by atoms with van der Waals surface area (Å²) in [5, 5.41) is 3.82. The molecule has 1 aromatic carbocycles. The Kier molecular flexibility index (Phi) is 3.61. The molecule has 3 heteroatoms. The predicted octanol–water partition coefficient (Wildman–Crippen LogP) is 3.87. The Hall–Kier alpha value is -0.540. The van der Waals surface area contributed by atoms with Crippen LogP contribution in [0.1, 0.15) is 38.2 Å². The molecule has 1 saturated heterocycles. The zero-order valence-electron chi connectivity index (χ0n) is 11.9. The Bertz CT molecular complexity index is 466. The van der Waals surface area contributed by atoms with Crippen molar-refractivity contribution in [1.82, 2.24) is 5.32 Å². The number of piperazine rings is 1. The first-order valence-electron chi connectivity index (χ1n) is 7.38. The van der Waals surface area contributed by atoms with Crippen LogP contribution in [0.15, 0.2) is 22.7 Å². The maximum Gasteiger partial charge on any atom is 0.0410 e. The molecule has 19 heavy (non-hydrogen) atoms. The van der Waals surface area contributed by atoms with E-state index < -0.39 is 0 Å². The van der Waals surface area contributed by atoms with Crippen molar-refractivity contribution in [2.24, 2.45) is 0 Å². The minimum Gasteiger partial charge on any atom is -0.365 e. The molecule has 1 unspecified atom stereocenters. The molecule has 1 aliphatic heterocycles. The van der Waals surface area contributed by atoms with Crippen LogP contribution in [-0.2, 0) is 0 Å². The topological polar surface area (TPSA) is 15.3 Å². The molecule has 104 valence electrons. The standard InChI is InChI=1S/C16H23BrN2/c1-12-10-18-16(8-3-4-9-16)11-19(12)15-7-5-6-14(17)13(15)2/h5-7,12,18H,3-4,8-11H2,1-2H3. The summed E-state index contributed by atoms with van der Waals surface area (Å²) in [5.74, 6) is 0. The van der Waals surface area contributed by atoms with E-state index in [1.54, 1.807) is 0 Å². The third-order valence-electron chi connectivity index (χ3n) is 4.89. The van der Waals surface area contributed by atoms with Crippen molar-refractivity contribution < 1.29 is 0 Å². The zero-order chi connectivity index (χ0) is 13.5. The molecule has 0 amide bonds. The summed E-state index contributed by atoms with van der Waals surface area (Å²) >= 11 is 3.67. The Balaban J connectivity index is 1.91. The van der Waals surface area contributed by atoms with Gasteiger partial charge in [0.1, 0.15) is 0 Å². The quantitative estimate of drug-likeness (QED) is 0.844. The van der Waals surface area contributed by atoms with Crippen LogP contribution >= 0.6 is 15.9 Å². The summed E-state index contributed by atoms with van der Waals surface area (Å²) in [6, 6.07) is 7.13. The van der Waals surface area contributed by atoms with Gasteiger partial charge in [-0.25, -0.2) is 0 Å². The molecule has 0 radical (unpaired) electrons. The van der Waals surface area contributed by atoms with Crippen LogP contribution < -0.4 is 10.2 Å². The highest BCUT2D eigenvalue weighted by atomic mass is 79.9. The van der Waals surface area contributed by atoms with Crippen molar-refractivity contribution in [1.29, 1.82) is 0 Å². The van der Waals surface area contributed by atoms with Crippen molar-refractivity contribution in [2.75, 3.05) is 18.0 Å². The first kappa shape index (κ1) is 13.4. The fraction of sp³-hybridized carbons (Fsp3) is 0.625. The van der Waals surface area contributed by atoms with Crippen LogP contribution in [0.25, 0.3) is 0 Å². The van der Waals surface area contributed by atoms with Crippen LogP contribution in [0.3, 0.4) is 0 Å². The first-order chi connectivity index (χ1) is 9.11. The van der Waals surface area contributed by atoms with Gasteiger partial charge in [-0.2, -0.15) is 0 Å². The SMILES string of the molecule is Cc1c(Br)cccc1N1CC2(CCCC2)NCC1C. The molecule has 0 bridgehead atoms. The van der Waals surface area contributed by atoms with Gasteiger partial charge in [0.05, 0.1) is 0 Å². The van der Waals surface area contributed by atoms with Crippen molar-refractivity contribution in [3.63, 3.8) is 0 Å². The van der Waals surface area contributed by atoms with E-state index in [0.29, 0.717) is 11.6 Å². The summed E-state index contributed by atoms with van der Waals surface area (Å²) in [6.07, 6.45) is 5.44. The molecule has 1 spiro atoms. The second-order valence-corrected chi connectivity index (χ2v) is 7.08. The third-order valence-corrected chi connectivity index (χ3v) is 5.75. The van der Waals surface area contributed by atoms with Crippen molar-refractivity contribution in [3.05, 3.63) is 28.2 Å². The van der Waals surface area contributed by atoms with E-state index in [2.05, 4.69) is 58.2 Å². The summed E-state index contributed by atoms with van der Waals surface area (Å²) in [4.78, 5) is 2.61. The normalized spacial score (nSPS) is 26.1. The lowest BCUT2D eigenvalue weighted by atomic mass is 9.92. The maximum absolute atomic E-state index is 3.82. The van der Waals surface area contributed by atoms with Crippen LogP contribution in [0, 0.1) is 6.92 Å². The number of halogens is 1. The minimum atomic E-state index is 0.376. The Morgan fingerprint density at radius 3 is 2.79 bits per heavy atom. The summed E-state index contributed by atoms with van der Waals surface area (Å²) in [5.41, 5.74) is 3.14. The molecule has 0 aromatic heterocycles. The van der Waals surface area contributed by atoms with Gasteiger partial charge in [-0.3, -0.25) is 0 Å². The molecule has 1 heterocycles. The smallest absolute Gasteiger partial charge is 0.0410 e. The van der Waals surface area contributed by atoms with Gasteiger partial charge in [0.2, 0.25) is 0 Å². The van der Waals surface area contributed by atoms with Gasteiger partial charge < -0.3 is 10.2 Å².